The van der Waals surface area contributed by atoms with Crippen LogP contribution in [0.1, 0.15) is 11.7 Å². The number of hydrogen-bond donors (Lipinski definition) is 0. The van der Waals surface area contributed by atoms with Gasteiger partial charge >= 0.3 is 0 Å². The molecule has 0 radical (unpaired) electrons. The number of carbonyl (C=O) groups is 1. The summed E-state index contributed by atoms with van der Waals surface area (Å²) >= 11 is 0. The van der Waals surface area contributed by atoms with Gasteiger partial charge in [-0.15, -0.1) is 0 Å². The Bertz CT molecular complexity index is 868. The Morgan fingerprint density at radius 2 is 1.70 bits per heavy atom. The van der Waals surface area contributed by atoms with Gasteiger partial charge in [-0.25, -0.2) is 0 Å². The average molecular weight is 307 g/mol. The van der Waals surface area contributed by atoms with Gasteiger partial charge in [-0.3, -0.25) is 14.9 Å². The standard InChI is InChI=1S/C17H13N3O3/c1-12(21)19-17(14-5-3-2-4-6-14)11-16(18-19)13-7-9-15(10-8-13)20(22)23/h2-11H,1H3. The molecule has 0 amide bonds. The molecule has 0 unspecified atom stereocenters. The zero-order chi connectivity index (χ0) is 16.4. The normalized spacial score (nSPS) is 10.5. The minimum Gasteiger partial charge on any atom is -0.273 e. The summed E-state index contributed by atoms with van der Waals surface area (Å²) in [5.41, 5.74) is 2.89. The molecule has 0 aliphatic carbocycles. The van der Waals surface area contributed by atoms with Gasteiger partial charge in [-0.05, 0) is 18.2 Å². The first-order valence-electron chi connectivity index (χ1n) is 6.97. The van der Waals surface area contributed by atoms with Crippen LogP contribution in [0.3, 0.4) is 0 Å². The van der Waals surface area contributed by atoms with Crippen LogP contribution in [0.4, 0.5) is 5.69 Å². The summed E-state index contributed by atoms with van der Waals surface area (Å²) in [7, 11) is 0. The van der Waals surface area contributed by atoms with Crippen molar-refractivity contribution in [1.29, 1.82) is 0 Å². The number of non-ortho nitro benzene ring substituents is 1. The molecule has 0 aliphatic heterocycles. The first kappa shape index (κ1) is 14.6. The predicted molar refractivity (Wildman–Crippen MR) is 86.1 cm³/mol. The zero-order valence-electron chi connectivity index (χ0n) is 12.3. The maximum Gasteiger partial charge on any atom is 0.269 e. The molecule has 0 fully saturated rings. The second-order valence-corrected chi connectivity index (χ2v) is 5.02. The van der Waals surface area contributed by atoms with Gasteiger partial charge in [-0.2, -0.15) is 9.78 Å². The Morgan fingerprint density at radius 3 is 2.26 bits per heavy atom. The lowest BCUT2D eigenvalue weighted by Crippen LogP contribution is -2.09. The van der Waals surface area contributed by atoms with E-state index in [0.717, 1.165) is 5.56 Å². The highest BCUT2D eigenvalue weighted by molar-refractivity contribution is 5.83. The van der Waals surface area contributed by atoms with Crippen molar-refractivity contribution in [3.8, 4) is 22.5 Å². The summed E-state index contributed by atoms with van der Waals surface area (Å²) in [6.45, 7) is 1.44. The van der Waals surface area contributed by atoms with Crippen molar-refractivity contribution in [2.24, 2.45) is 0 Å². The Kier molecular flexibility index (Phi) is 3.72. The molecule has 1 heterocycles. The first-order chi connectivity index (χ1) is 11.1. The van der Waals surface area contributed by atoms with Crippen molar-refractivity contribution in [2.45, 2.75) is 6.92 Å². The number of carbonyl (C=O) groups excluding carboxylic acids is 1. The van der Waals surface area contributed by atoms with Crippen LogP contribution in [0.15, 0.2) is 60.7 Å². The lowest BCUT2D eigenvalue weighted by molar-refractivity contribution is -0.384. The minimum atomic E-state index is -0.451. The van der Waals surface area contributed by atoms with Crippen LogP contribution in [0.25, 0.3) is 22.5 Å². The van der Waals surface area contributed by atoms with Crippen LogP contribution in [0.5, 0.6) is 0 Å². The Labute approximate surface area is 132 Å². The quantitative estimate of drug-likeness (QED) is 0.545. The van der Waals surface area contributed by atoms with Crippen molar-refractivity contribution in [3.05, 3.63) is 70.8 Å². The molecule has 0 N–H and O–H groups in total. The van der Waals surface area contributed by atoms with E-state index in [4.69, 9.17) is 0 Å². The molecule has 0 atom stereocenters. The summed E-state index contributed by atoms with van der Waals surface area (Å²) in [4.78, 5) is 22.1. The molecule has 2 aromatic carbocycles. The van der Waals surface area contributed by atoms with Gasteiger partial charge in [0.1, 0.15) is 0 Å². The number of benzene rings is 2. The van der Waals surface area contributed by atoms with E-state index in [-0.39, 0.29) is 11.6 Å². The van der Waals surface area contributed by atoms with Gasteiger partial charge in [0.25, 0.3) is 5.69 Å². The van der Waals surface area contributed by atoms with Crippen LogP contribution in [0.2, 0.25) is 0 Å². The highest BCUT2D eigenvalue weighted by Gasteiger charge is 2.14. The van der Waals surface area contributed by atoms with E-state index >= 15 is 0 Å². The second kappa shape index (κ2) is 5.84. The fourth-order valence-electron chi connectivity index (χ4n) is 2.33. The maximum atomic E-state index is 11.8. The van der Waals surface area contributed by atoms with Crippen molar-refractivity contribution in [2.75, 3.05) is 0 Å². The highest BCUT2D eigenvalue weighted by atomic mass is 16.6. The SMILES string of the molecule is CC(=O)n1nc(-c2ccc([N+](=O)[O-])cc2)cc1-c1ccccc1. The van der Waals surface area contributed by atoms with E-state index in [1.807, 2.05) is 30.3 Å². The summed E-state index contributed by atoms with van der Waals surface area (Å²) in [6.07, 6.45) is 0. The number of aromatic nitrogens is 2. The van der Waals surface area contributed by atoms with Gasteiger partial charge < -0.3 is 0 Å². The largest absolute Gasteiger partial charge is 0.273 e. The highest BCUT2D eigenvalue weighted by Crippen LogP contribution is 2.27. The zero-order valence-corrected chi connectivity index (χ0v) is 12.3. The minimum absolute atomic E-state index is 0.0167. The van der Waals surface area contributed by atoms with E-state index in [1.165, 1.54) is 23.7 Å². The molecule has 0 bridgehead atoms. The number of hydrogen-bond acceptors (Lipinski definition) is 4. The Balaban J connectivity index is 2.07. The number of nitro groups is 1. The lowest BCUT2D eigenvalue weighted by atomic mass is 10.1. The summed E-state index contributed by atoms with van der Waals surface area (Å²) in [6, 6.07) is 17.4. The van der Waals surface area contributed by atoms with Gasteiger partial charge in [0.2, 0.25) is 5.91 Å². The topological polar surface area (TPSA) is 78.0 Å². The molecule has 6 nitrogen and oxygen atoms in total. The van der Waals surface area contributed by atoms with Crippen LogP contribution in [-0.2, 0) is 0 Å². The number of nitrogens with zero attached hydrogens (tertiary/aromatic N) is 3. The fourth-order valence-corrected chi connectivity index (χ4v) is 2.33. The number of nitro benzene ring substituents is 1. The molecule has 23 heavy (non-hydrogen) atoms. The summed E-state index contributed by atoms with van der Waals surface area (Å²) in [5.74, 6) is -0.197. The molecule has 1 aromatic heterocycles. The van der Waals surface area contributed by atoms with Crippen molar-refractivity contribution < 1.29 is 9.72 Å². The molecule has 0 spiro atoms. The summed E-state index contributed by atoms with van der Waals surface area (Å²) in [5, 5.41) is 15.1. The fraction of sp³-hybridized carbons (Fsp3) is 0.0588. The van der Waals surface area contributed by atoms with Gasteiger partial charge in [-0.1, -0.05) is 30.3 Å². The Hall–Kier alpha value is -3.28. The third kappa shape index (κ3) is 2.87. The molecule has 3 rings (SSSR count). The average Bonchev–Trinajstić information content (AvgIpc) is 3.01. The van der Waals surface area contributed by atoms with Crippen molar-refractivity contribution >= 4 is 11.6 Å². The smallest absolute Gasteiger partial charge is 0.269 e. The predicted octanol–water partition coefficient (Wildman–Crippen LogP) is 3.79. The molecule has 3 aromatic rings. The van der Waals surface area contributed by atoms with Gasteiger partial charge in [0, 0.05) is 30.2 Å². The first-order valence-corrected chi connectivity index (χ1v) is 6.97. The van der Waals surface area contributed by atoms with E-state index in [2.05, 4.69) is 5.10 Å². The molecule has 0 aliphatic rings. The van der Waals surface area contributed by atoms with E-state index in [1.54, 1.807) is 18.2 Å². The molecular weight excluding hydrogens is 294 g/mol. The molecule has 6 heteroatoms. The number of rotatable bonds is 3. The van der Waals surface area contributed by atoms with E-state index < -0.39 is 4.92 Å². The summed E-state index contributed by atoms with van der Waals surface area (Å²) < 4.78 is 1.34. The van der Waals surface area contributed by atoms with E-state index in [0.29, 0.717) is 17.0 Å². The molecule has 114 valence electrons. The monoisotopic (exact) mass is 307 g/mol. The maximum absolute atomic E-state index is 11.8. The van der Waals surface area contributed by atoms with Crippen LogP contribution >= 0.6 is 0 Å². The third-order valence-corrected chi connectivity index (χ3v) is 3.45. The van der Waals surface area contributed by atoms with E-state index in [9.17, 15) is 14.9 Å². The van der Waals surface area contributed by atoms with Gasteiger partial charge in [0.05, 0.1) is 16.3 Å². The molecular formula is C17H13N3O3. The Morgan fingerprint density at radius 1 is 1.04 bits per heavy atom. The second-order valence-electron chi connectivity index (χ2n) is 5.02. The third-order valence-electron chi connectivity index (χ3n) is 3.45. The molecule has 0 saturated carbocycles. The van der Waals surface area contributed by atoms with Gasteiger partial charge in [0.15, 0.2) is 0 Å². The van der Waals surface area contributed by atoms with Crippen molar-refractivity contribution in [3.63, 3.8) is 0 Å². The van der Waals surface area contributed by atoms with Crippen LogP contribution < -0.4 is 0 Å². The van der Waals surface area contributed by atoms with Crippen molar-refractivity contribution in [1.82, 2.24) is 9.78 Å². The molecule has 0 saturated heterocycles. The van der Waals surface area contributed by atoms with Crippen LogP contribution in [-0.4, -0.2) is 20.6 Å². The van der Waals surface area contributed by atoms with Crippen LogP contribution in [0, 0.1) is 10.1 Å². The lowest BCUT2D eigenvalue weighted by Gasteiger charge is -2.02.